The number of carboxylic acids is 1. The molecule has 2 N–H and O–H groups in total. The third-order valence-corrected chi connectivity index (χ3v) is 4.92. The van der Waals surface area contributed by atoms with Gasteiger partial charge in [-0.2, -0.15) is 5.10 Å². The van der Waals surface area contributed by atoms with Crippen molar-refractivity contribution < 1.29 is 27.5 Å². The minimum atomic E-state index is -3.42. The molecule has 1 aromatic carbocycles. The average molecular weight is 419 g/mol. The zero-order chi connectivity index (χ0) is 21.0. The minimum absolute atomic E-state index is 0.0515. The Kier molecular flexibility index (Phi) is 6.02. The quantitative estimate of drug-likeness (QED) is 0.676. The Labute approximate surface area is 168 Å². The van der Waals surface area contributed by atoms with Crippen molar-refractivity contribution in [3.63, 3.8) is 0 Å². The predicted molar refractivity (Wildman–Crippen MR) is 106 cm³/mol. The summed E-state index contributed by atoms with van der Waals surface area (Å²) < 4.78 is 30.8. The number of nitrogens with one attached hydrogen (secondary N) is 1. The first-order valence-corrected chi connectivity index (χ1v) is 10.8. The van der Waals surface area contributed by atoms with Crippen LogP contribution in [0, 0.1) is 0 Å². The normalized spacial score (nSPS) is 16.5. The maximum Gasteiger partial charge on any atom is 0.303 e. The van der Waals surface area contributed by atoms with Crippen molar-refractivity contribution in [1.82, 2.24) is 5.01 Å². The molecule has 2 aromatic rings. The minimum Gasteiger partial charge on any atom is -0.481 e. The lowest BCUT2D eigenvalue weighted by Crippen LogP contribution is -2.26. The van der Waals surface area contributed by atoms with E-state index in [4.69, 9.17) is 9.52 Å². The van der Waals surface area contributed by atoms with Crippen LogP contribution in [0.4, 0.5) is 5.69 Å². The van der Waals surface area contributed by atoms with E-state index in [-0.39, 0.29) is 25.2 Å². The highest BCUT2D eigenvalue weighted by molar-refractivity contribution is 7.92. The third kappa shape index (κ3) is 5.44. The average Bonchev–Trinajstić information content (AvgIpc) is 3.29. The number of carbonyl (C=O) groups excluding carboxylic acids is 1. The summed E-state index contributed by atoms with van der Waals surface area (Å²) in [6.07, 6.45) is 3.14. The number of carboxylic acid groups (broad SMARTS) is 1. The fourth-order valence-corrected chi connectivity index (χ4v) is 3.65. The molecule has 0 radical (unpaired) electrons. The summed E-state index contributed by atoms with van der Waals surface area (Å²) in [6, 6.07) is 9.79. The number of hydrogen-bond donors (Lipinski definition) is 2. The Morgan fingerprint density at radius 2 is 2.07 bits per heavy atom. The van der Waals surface area contributed by atoms with Crippen LogP contribution in [0.25, 0.3) is 0 Å². The predicted octanol–water partition coefficient (Wildman–Crippen LogP) is 2.58. The van der Waals surface area contributed by atoms with Crippen LogP contribution in [0.5, 0.6) is 0 Å². The van der Waals surface area contributed by atoms with Crippen molar-refractivity contribution in [3.8, 4) is 0 Å². The van der Waals surface area contributed by atoms with E-state index < -0.39 is 22.0 Å². The van der Waals surface area contributed by atoms with E-state index in [1.165, 1.54) is 11.3 Å². The van der Waals surface area contributed by atoms with Crippen molar-refractivity contribution >= 4 is 33.3 Å². The van der Waals surface area contributed by atoms with Crippen molar-refractivity contribution in [1.29, 1.82) is 0 Å². The molecule has 1 aliphatic rings. The van der Waals surface area contributed by atoms with Crippen LogP contribution in [0.1, 0.15) is 43.0 Å². The largest absolute Gasteiger partial charge is 0.481 e. The van der Waals surface area contributed by atoms with Crippen LogP contribution in [-0.4, -0.2) is 42.4 Å². The van der Waals surface area contributed by atoms with Crippen LogP contribution in [-0.2, 0) is 19.6 Å². The van der Waals surface area contributed by atoms with Crippen molar-refractivity contribution in [2.24, 2.45) is 5.10 Å². The first-order valence-electron chi connectivity index (χ1n) is 8.96. The molecule has 1 atom stereocenters. The summed E-state index contributed by atoms with van der Waals surface area (Å²) in [5, 5.41) is 14.5. The van der Waals surface area contributed by atoms with Gasteiger partial charge in [-0.25, -0.2) is 13.4 Å². The number of hydrogen-bond acceptors (Lipinski definition) is 6. The number of amides is 1. The van der Waals surface area contributed by atoms with E-state index >= 15 is 0 Å². The van der Waals surface area contributed by atoms with Gasteiger partial charge < -0.3 is 9.52 Å². The number of anilines is 1. The molecule has 0 saturated carbocycles. The topological polar surface area (TPSA) is 129 Å². The fraction of sp³-hybridized carbons (Fsp3) is 0.316. The molecule has 0 saturated heterocycles. The summed E-state index contributed by atoms with van der Waals surface area (Å²) in [5.41, 5.74) is 1.68. The highest BCUT2D eigenvalue weighted by Gasteiger charge is 2.34. The second-order valence-electron chi connectivity index (χ2n) is 6.72. The van der Waals surface area contributed by atoms with Gasteiger partial charge in [-0.05, 0) is 36.2 Å². The molecule has 9 nitrogen and oxygen atoms in total. The molecule has 0 fully saturated rings. The molecule has 29 heavy (non-hydrogen) atoms. The summed E-state index contributed by atoms with van der Waals surface area (Å²) in [7, 11) is -3.42. The van der Waals surface area contributed by atoms with Gasteiger partial charge in [0.2, 0.25) is 15.9 Å². The van der Waals surface area contributed by atoms with Gasteiger partial charge in [0.05, 0.1) is 18.2 Å². The first-order chi connectivity index (χ1) is 13.7. The van der Waals surface area contributed by atoms with Gasteiger partial charge >= 0.3 is 5.97 Å². The standard InChI is InChI=1S/C19H21N3O6S/c1-29(26,27)21-14-6-2-5-13(11-14)15-12-16(17-7-4-10-28-17)22(20-15)18(23)8-3-9-19(24)25/h2,4-7,10-11,16,21H,3,8-9,12H2,1H3,(H,24,25). The summed E-state index contributed by atoms with van der Waals surface area (Å²) in [5.74, 6) is -0.685. The zero-order valence-corrected chi connectivity index (χ0v) is 16.6. The summed E-state index contributed by atoms with van der Waals surface area (Å²) in [6.45, 7) is 0. The van der Waals surface area contributed by atoms with Gasteiger partial charge in [-0.3, -0.25) is 14.3 Å². The highest BCUT2D eigenvalue weighted by Crippen LogP contribution is 2.34. The van der Waals surface area contributed by atoms with E-state index in [2.05, 4.69) is 9.82 Å². The monoisotopic (exact) mass is 419 g/mol. The number of rotatable bonds is 8. The number of aliphatic carboxylic acids is 1. The molecule has 0 bridgehead atoms. The lowest BCUT2D eigenvalue weighted by Gasteiger charge is -2.19. The van der Waals surface area contributed by atoms with Crippen LogP contribution in [0.2, 0.25) is 0 Å². The van der Waals surface area contributed by atoms with Gasteiger partial charge in [0, 0.05) is 24.9 Å². The molecule has 2 heterocycles. The zero-order valence-electron chi connectivity index (χ0n) is 15.7. The molecule has 1 aromatic heterocycles. The fourth-order valence-electron chi connectivity index (χ4n) is 3.10. The highest BCUT2D eigenvalue weighted by atomic mass is 32.2. The molecular formula is C19H21N3O6S. The molecule has 1 aliphatic heterocycles. The Hall–Kier alpha value is -3.14. The van der Waals surface area contributed by atoms with Crippen molar-refractivity contribution in [3.05, 3.63) is 54.0 Å². The SMILES string of the molecule is CS(=O)(=O)Nc1cccc(C2=NN(C(=O)CCCC(=O)O)C(c3ccco3)C2)c1. The first kappa shape index (κ1) is 20.6. The van der Waals surface area contributed by atoms with Gasteiger partial charge in [-0.1, -0.05) is 12.1 Å². The molecule has 0 spiro atoms. The summed E-state index contributed by atoms with van der Waals surface area (Å²) >= 11 is 0. The summed E-state index contributed by atoms with van der Waals surface area (Å²) in [4.78, 5) is 23.4. The van der Waals surface area contributed by atoms with E-state index in [1.54, 1.807) is 36.4 Å². The van der Waals surface area contributed by atoms with Crippen LogP contribution >= 0.6 is 0 Å². The Bertz CT molecular complexity index is 1030. The van der Waals surface area contributed by atoms with E-state index in [9.17, 15) is 18.0 Å². The van der Waals surface area contributed by atoms with Crippen LogP contribution in [0.3, 0.4) is 0 Å². The second kappa shape index (κ2) is 8.48. The maximum atomic E-state index is 12.7. The van der Waals surface area contributed by atoms with Crippen LogP contribution in [0.15, 0.2) is 52.2 Å². The Morgan fingerprint density at radius 3 is 2.72 bits per heavy atom. The Morgan fingerprint density at radius 1 is 1.28 bits per heavy atom. The molecular weight excluding hydrogens is 398 g/mol. The van der Waals surface area contributed by atoms with Crippen LogP contribution < -0.4 is 4.72 Å². The maximum absolute atomic E-state index is 12.7. The Balaban J connectivity index is 1.84. The molecule has 3 rings (SSSR count). The molecule has 1 unspecified atom stereocenters. The number of carbonyl (C=O) groups is 2. The second-order valence-corrected chi connectivity index (χ2v) is 8.47. The number of benzene rings is 1. The van der Waals surface area contributed by atoms with Gasteiger partial charge in [0.15, 0.2) is 0 Å². The smallest absolute Gasteiger partial charge is 0.303 e. The third-order valence-electron chi connectivity index (χ3n) is 4.32. The molecule has 1 amide bonds. The molecule has 154 valence electrons. The molecule has 0 aliphatic carbocycles. The van der Waals surface area contributed by atoms with Crippen molar-refractivity contribution in [2.75, 3.05) is 11.0 Å². The lowest BCUT2D eigenvalue weighted by molar-refractivity contribution is -0.137. The van der Waals surface area contributed by atoms with Gasteiger partial charge in [0.25, 0.3) is 0 Å². The lowest BCUT2D eigenvalue weighted by atomic mass is 10.0. The number of sulfonamides is 1. The van der Waals surface area contributed by atoms with Gasteiger partial charge in [0.1, 0.15) is 11.8 Å². The van der Waals surface area contributed by atoms with E-state index in [1.807, 2.05) is 0 Å². The van der Waals surface area contributed by atoms with Gasteiger partial charge in [-0.15, -0.1) is 0 Å². The number of furan rings is 1. The number of hydrazone groups is 1. The van der Waals surface area contributed by atoms with E-state index in [0.29, 0.717) is 29.1 Å². The van der Waals surface area contributed by atoms with E-state index in [0.717, 1.165) is 6.26 Å². The van der Waals surface area contributed by atoms with Crippen molar-refractivity contribution in [2.45, 2.75) is 31.7 Å². The molecule has 10 heteroatoms. The number of nitrogens with zero attached hydrogens (tertiary/aromatic N) is 2.